The van der Waals surface area contributed by atoms with Crippen molar-refractivity contribution in [1.29, 1.82) is 0 Å². The van der Waals surface area contributed by atoms with Gasteiger partial charge < -0.3 is 20.9 Å². The van der Waals surface area contributed by atoms with Crippen molar-refractivity contribution in [2.75, 3.05) is 24.5 Å². The zero-order chi connectivity index (χ0) is 22.3. The Morgan fingerprint density at radius 1 is 1.03 bits per heavy atom. The second-order valence-corrected chi connectivity index (χ2v) is 9.55. The topological polar surface area (TPSA) is 61.6 Å². The van der Waals surface area contributed by atoms with Gasteiger partial charge in [-0.1, -0.05) is 74.6 Å². The van der Waals surface area contributed by atoms with Crippen LogP contribution in [0.1, 0.15) is 62.6 Å². The van der Waals surface area contributed by atoms with E-state index < -0.39 is 0 Å². The van der Waals surface area contributed by atoms with E-state index in [1.54, 1.807) is 0 Å². The summed E-state index contributed by atoms with van der Waals surface area (Å²) in [5.74, 6) is 0.865. The fourth-order valence-electron chi connectivity index (χ4n) is 5.50. The molecule has 172 valence electrons. The van der Waals surface area contributed by atoms with Crippen LogP contribution >= 0.6 is 0 Å². The summed E-state index contributed by atoms with van der Waals surface area (Å²) in [7, 11) is 0. The number of urea groups is 1. The van der Waals surface area contributed by atoms with Crippen LogP contribution in [0.2, 0.25) is 0 Å². The molecule has 1 saturated heterocycles. The quantitative estimate of drug-likeness (QED) is 0.639. The number of nitrogens with one attached hydrogen (secondary N) is 1. The van der Waals surface area contributed by atoms with Gasteiger partial charge in [0.1, 0.15) is 0 Å². The van der Waals surface area contributed by atoms with Crippen molar-refractivity contribution in [3.05, 3.63) is 65.7 Å². The lowest BCUT2D eigenvalue weighted by Gasteiger charge is -2.42. The number of carbonyl (C=O) groups is 1. The highest BCUT2D eigenvalue weighted by molar-refractivity contribution is 5.73. The van der Waals surface area contributed by atoms with Crippen LogP contribution in [0.5, 0.6) is 0 Å². The van der Waals surface area contributed by atoms with Crippen molar-refractivity contribution in [2.45, 2.75) is 64.1 Å². The molecule has 1 aliphatic carbocycles. The van der Waals surface area contributed by atoms with Crippen LogP contribution in [0.25, 0.3) is 0 Å². The Bertz CT molecular complexity index is 865. The lowest BCUT2D eigenvalue weighted by atomic mass is 9.85. The maximum Gasteiger partial charge on any atom is 0.315 e. The fourth-order valence-corrected chi connectivity index (χ4v) is 5.50. The van der Waals surface area contributed by atoms with Gasteiger partial charge in [0.15, 0.2) is 0 Å². The van der Waals surface area contributed by atoms with E-state index in [0.717, 1.165) is 25.6 Å². The van der Waals surface area contributed by atoms with Crippen molar-refractivity contribution in [3.8, 4) is 0 Å². The van der Waals surface area contributed by atoms with Crippen molar-refractivity contribution < 1.29 is 4.79 Å². The summed E-state index contributed by atoms with van der Waals surface area (Å²) < 4.78 is 0. The first kappa shape index (κ1) is 22.7. The molecule has 0 spiro atoms. The largest absolute Gasteiger partial charge is 0.367 e. The minimum absolute atomic E-state index is 0.0480. The number of anilines is 1. The number of nitrogens with two attached hydrogens (primary N) is 1. The average Bonchev–Trinajstić information content (AvgIpc) is 2.84. The predicted molar refractivity (Wildman–Crippen MR) is 132 cm³/mol. The maximum absolute atomic E-state index is 12.3. The molecule has 2 atom stereocenters. The summed E-state index contributed by atoms with van der Waals surface area (Å²) in [6, 6.07) is 19.1. The Kier molecular flexibility index (Phi) is 7.69. The van der Waals surface area contributed by atoms with Crippen LogP contribution in [0.4, 0.5) is 10.5 Å². The summed E-state index contributed by atoms with van der Waals surface area (Å²) in [5, 5.41) is 3.76. The van der Waals surface area contributed by atoms with Gasteiger partial charge in [-0.05, 0) is 42.5 Å². The number of amides is 2. The van der Waals surface area contributed by atoms with Gasteiger partial charge in [-0.25, -0.2) is 4.79 Å². The van der Waals surface area contributed by atoms with Crippen LogP contribution < -0.4 is 16.0 Å². The lowest BCUT2D eigenvalue weighted by Crippen LogP contribution is -2.52. The fraction of sp³-hybridized carbons (Fsp3) is 0.519. The molecule has 1 heterocycles. The number of rotatable bonds is 7. The molecule has 0 aromatic heterocycles. The van der Waals surface area contributed by atoms with Crippen molar-refractivity contribution in [1.82, 2.24) is 10.2 Å². The highest BCUT2D eigenvalue weighted by atomic mass is 16.2. The summed E-state index contributed by atoms with van der Waals surface area (Å²) in [6.07, 6.45) is 8.21. The molecule has 5 heteroatoms. The molecular weight excluding hydrogens is 396 g/mol. The minimum atomic E-state index is -0.337. The third-order valence-electron chi connectivity index (χ3n) is 7.25. The Labute approximate surface area is 193 Å². The van der Waals surface area contributed by atoms with E-state index >= 15 is 0 Å². The minimum Gasteiger partial charge on any atom is -0.367 e. The molecule has 0 radical (unpaired) electrons. The molecule has 32 heavy (non-hydrogen) atoms. The van der Waals surface area contributed by atoms with Crippen molar-refractivity contribution >= 4 is 11.7 Å². The maximum atomic E-state index is 12.3. The molecule has 2 amide bonds. The molecule has 5 nitrogen and oxygen atoms in total. The summed E-state index contributed by atoms with van der Waals surface area (Å²) in [5.41, 5.74) is 9.46. The number of primary amides is 1. The zero-order valence-electron chi connectivity index (χ0n) is 19.4. The Morgan fingerprint density at radius 2 is 1.75 bits per heavy atom. The molecular formula is C27H38N4O. The zero-order valence-corrected chi connectivity index (χ0v) is 19.4. The van der Waals surface area contributed by atoms with Gasteiger partial charge in [-0.2, -0.15) is 0 Å². The number of nitrogens with zero attached hydrogens (tertiary/aromatic N) is 2. The third kappa shape index (κ3) is 5.63. The van der Waals surface area contributed by atoms with Crippen LogP contribution in [0.15, 0.2) is 54.6 Å². The number of benzene rings is 2. The third-order valence-corrected chi connectivity index (χ3v) is 7.25. The SMILES string of the molecule is CC(CC1CCCCC1)NCc1ccccc1C1CN(c2ccccc2)CCN1C(N)=O. The first-order valence-electron chi connectivity index (χ1n) is 12.3. The van der Waals surface area contributed by atoms with Gasteiger partial charge >= 0.3 is 6.03 Å². The molecule has 1 saturated carbocycles. The average molecular weight is 435 g/mol. The highest BCUT2D eigenvalue weighted by Crippen LogP contribution is 2.31. The van der Waals surface area contributed by atoms with Gasteiger partial charge in [0.2, 0.25) is 0 Å². The molecule has 2 aromatic carbocycles. The van der Waals surface area contributed by atoms with Crippen molar-refractivity contribution in [2.24, 2.45) is 11.7 Å². The van der Waals surface area contributed by atoms with Gasteiger partial charge in [0, 0.05) is 37.9 Å². The summed E-state index contributed by atoms with van der Waals surface area (Å²) >= 11 is 0. The Morgan fingerprint density at radius 3 is 2.50 bits per heavy atom. The number of piperazine rings is 1. The van der Waals surface area contributed by atoms with Crippen LogP contribution in [0.3, 0.4) is 0 Å². The van der Waals surface area contributed by atoms with Gasteiger partial charge in [-0.15, -0.1) is 0 Å². The summed E-state index contributed by atoms with van der Waals surface area (Å²) in [4.78, 5) is 16.5. The van der Waals surface area contributed by atoms with E-state index in [9.17, 15) is 4.79 Å². The van der Waals surface area contributed by atoms with E-state index in [1.165, 1.54) is 55.3 Å². The molecule has 3 N–H and O–H groups in total. The van der Waals surface area contributed by atoms with Gasteiger partial charge in [-0.3, -0.25) is 0 Å². The first-order valence-corrected chi connectivity index (χ1v) is 12.3. The molecule has 2 aromatic rings. The number of hydrogen-bond acceptors (Lipinski definition) is 3. The first-order chi connectivity index (χ1) is 15.6. The van der Waals surface area contributed by atoms with Gasteiger partial charge in [0.25, 0.3) is 0 Å². The van der Waals surface area contributed by atoms with E-state index in [1.807, 2.05) is 11.0 Å². The van der Waals surface area contributed by atoms with Crippen LogP contribution in [-0.2, 0) is 6.54 Å². The Balaban J connectivity index is 1.47. The second kappa shape index (κ2) is 10.9. The molecule has 4 rings (SSSR count). The summed E-state index contributed by atoms with van der Waals surface area (Å²) in [6.45, 7) is 5.31. The molecule has 1 aliphatic heterocycles. The molecule has 0 bridgehead atoms. The number of carbonyl (C=O) groups excluding carboxylic acids is 1. The lowest BCUT2D eigenvalue weighted by molar-refractivity contribution is 0.175. The monoisotopic (exact) mass is 434 g/mol. The van der Waals surface area contributed by atoms with E-state index in [0.29, 0.717) is 12.6 Å². The Hall–Kier alpha value is -2.53. The van der Waals surface area contributed by atoms with E-state index in [2.05, 4.69) is 65.7 Å². The van der Waals surface area contributed by atoms with Crippen LogP contribution in [0, 0.1) is 5.92 Å². The highest BCUT2D eigenvalue weighted by Gasteiger charge is 2.32. The van der Waals surface area contributed by atoms with Crippen molar-refractivity contribution in [3.63, 3.8) is 0 Å². The molecule has 2 unspecified atom stereocenters. The standard InChI is InChI=1S/C27H38N4O/c1-21(18-22-10-4-2-5-11-22)29-19-23-12-8-9-15-25(23)26-20-30(16-17-31(26)27(28)32)24-13-6-3-7-14-24/h3,6-9,12-15,21-22,26,29H,2,4-5,10-11,16-20H2,1H3,(H2,28,32). The van der Waals surface area contributed by atoms with E-state index in [4.69, 9.17) is 5.73 Å². The smallest absolute Gasteiger partial charge is 0.315 e. The van der Waals surface area contributed by atoms with E-state index in [-0.39, 0.29) is 12.1 Å². The molecule has 2 fully saturated rings. The predicted octanol–water partition coefficient (Wildman–Crippen LogP) is 5.08. The van der Waals surface area contributed by atoms with Crippen LogP contribution in [-0.4, -0.2) is 36.6 Å². The molecule has 2 aliphatic rings. The normalized spacial score (nSPS) is 20.8. The van der Waals surface area contributed by atoms with Gasteiger partial charge in [0.05, 0.1) is 6.04 Å². The number of hydrogen-bond donors (Lipinski definition) is 2. The second-order valence-electron chi connectivity index (χ2n) is 9.55. The number of para-hydroxylation sites is 1.